The molecular formula is C20H24N2O4S. The Morgan fingerprint density at radius 3 is 2.37 bits per heavy atom. The van der Waals surface area contributed by atoms with Crippen molar-refractivity contribution >= 4 is 27.4 Å². The van der Waals surface area contributed by atoms with Crippen LogP contribution in [0.5, 0.6) is 0 Å². The fraction of sp³-hybridized carbons (Fsp3) is 0.350. The van der Waals surface area contributed by atoms with Gasteiger partial charge in [0.2, 0.25) is 0 Å². The van der Waals surface area contributed by atoms with Crippen molar-refractivity contribution in [3.63, 3.8) is 0 Å². The Morgan fingerprint density at radius 2 is 1.78 bits per heavy atom. The van der Waals surface area contributed by atoms with Gasteiger partial charge in [-0.3, -0.25) is 4.72 Å². The van der Waals surface area contributed by atoms with Gasteiger partial charge >= 0.3 is 5.97 Å². The lowest BCUT2D eigenvalue weighted by molar-refractivity contribution is 0.0526. The van der Waals surface area contributed by atoms with E-state index >= 15 is 0 Å². The summed E-state index contributed by atoms with van der Waals surface area (Å²) in [5.41, 5.74) is 3.02. The summed E-state index contributed by atoms with van der Waals surface area (Å²) in [6, 6.07) is 11.3. The minimum atomic E-state index is -3.73. The second kappa shape index (κ2) is 8.00. The maximum Gasteiger partial charge on any atom is 0.338 e. The fourth-order valence-corrected chi connectivity index (χ4v) is 4.28. The Bertz CT molecular complexity index is 917. The molecule has 0 bridgehead atoms. The molecule has 2 aromatic rings. The molecule has 27 heavy (non-hydrogen) atoms. The van der Waals surface area contributed by atoms with Crippen LogP contribution < -0.4 is 9.62 Å². The van der Waals surface area contributed by atoms with Gasteiger partial charge in [-0.25, -0.2) is 13.2 Å². The highest BCUT2D eigenvalue weighted by molar-refractivity contribution is 7.92. The van der Waals surface area contributed by atoms with E-state index in [4.69, 9.17) is 4.74 Å². The minimum Gasteiger partial charge on any atom is -0.462 e. The topological polar surface area (TPSA) is 75.7 Å². The molecule has 1 aliphatic heterocycles. The first-order valence-corrected chi connectivity index (χ1v) is 10.5. The molecule has 144 valence electrons. The monoisotopic (exact) mass is 388 g/mol. The number of rotatable bonds is 6. The Balaban J connectivity index is 1.76. The van der Waals surface area contributed by atoms with Crippen molar-refractivity contribution in [1.82, 2.24) is 0 Å². The number of sulfonamides is 1. The largest absolute Gasteiger partial charge is 0.462 e. The van der Waals surface area contributed by atoms with Gasteiger partial charge in [0.05, 0.1) is 17.1 Å². The number of nitrogens with one attached hydrogen (secondary N) is 1. The predicted octanol–water partition coefficient (Wildman–Crippen LogP) is 3.57. The number of anilines is 2. The number of ether oxygens (including phenoxy) is 1. The van der Waals surface area contributed by atoms with Crippen LogP contribution in [0.3, 0.4) is 0 Å². The van der Waals surface area contributed by atoms with Crippen molar-refractivity contribution in [1.29, 1.82) is 0 Å². The Morgan fingerprint density at radius 1 is 1.11 bits per heavy atom. The zero-order valence-electron chi connectivity index (χ0n) is 15.6. The molecule has 0 amide bonds. The van der Waals surface area contributed by atoms with Gasteiger partial charge in [0, 0.05) is 24.5 Å². The molecule has 7 heteroatoms. The first-order chi connectivity index (χ1) is 12.9. The van der Waals surface area contributed by atoms with Crippen LogP contribution in [0.1, 0.15) is 35.7 Å². The van der Waals surface area contributed by atoms with E-state index in [2.05, 4.69) is 9.62 Å². The summed E-state index contributed by atoms with van der Waals surface area (Å²) < 4.78 is 32.8. The summed E-state index contributed by atoms with van der Waals surface area (Å²) in [5.74, 6) is -0.470. The standard InChI is InChI=1S/C20H24N2O4S/c1-3-26-20(23)16-6-9-18(10-7-16)27(24,25)21-17-8-11-19(15(2)14-17)22-12-4-5-13-22/h6-11,14,21H,3-5,12-13H2,1-2H3. The Hall–Kier alpha value is -2.54. The van der Waals surface area contributed by atoms with E-state index in [1.807, 2.05) is 19.1 Å². The molecule has 3 rings (SSSR count). The minimum absolute atomic E-state index is 0.0943. The van der Waals surface area contributed by atoms with E-state index in [-0.39, 0.29) is 11.5 Å². The summed E-state index contributed by atoms with van der Waals surface area (Å²) in [7, 11) is -3.73. The van der Waals surface area contributed by atoms with Gasteiger partial charge in [0.15, 0.2) is 0 Å². The molecule has 0 unspecified atom stereocenters. The van der Waals surface area contributed by atoms with Crippen molar-refractivity contribution < 1.29 is 17.9 Å². The molecule has 0 radical (unpaired) electrons. The molecule has 0 aromatic heterocycles. The maximum atomic E-state index is 12.6. The van der Waals surface area contributed by atoms with Crippen LogP contribution in [-0.4, -0.2) is 34.1 Å². The van der Waals surface area contributed by atoms with Crippen molar-refractivity contribution in [2.24, 2.45) is 0 Å². The van der Waals surface area contributed by atoms with Gasteiger partial charge in [0.1, 0.15) is 0 Å². The van der Waals surface area contributed by atoms with Gasteiger partial charge in [-0.2, -0.15) is 0 Å². The molecule has 2 aromatic carbocycles. The van der Waals surface area contributed by atoms with Crippen LogP contribution in [0, 0.1) is 6.92 Å². The predicted molar refractivity (Wildman–Crippen MR) is 106 cm³/mol. The van der Waals surface area contributed by atoms with E-state index < -0.39 is 16.0 Å². The van der Waals surface area contributed by atoms with E-state index in [9.17, 15) is 13.2 Å². The van der Waals surface area contributed by atoms with E-state index in [1.165, 1.54) is 37.1 Å². The van der Waals surface area contributed by atoms with E-state index in [0.717, 1.165) is 24.3 Å². The highest BCUT2D eigenvalue weighted by Gasteiger charge is 2.18. The molecule has 0 saturated carbocycles. The number of nitrogens with zero attached hydrogens (tertiary/aromatic N) is 1. The molecule has 0 spiro atoms. The normalized spacial score (nSPS) is 14.2. The molecule has 1 heterocycles. The van der Waals surface area contributed by atoms with Crippen LogP contribution in [0.2, 0.25) is 0 Å². The van der Waals surface area contributed by atoms with E-state index in [1.54, 1.807) is 13.0 Å². The van der Waals surface area contributed by atoms with Crippen molar-refractivity contribution in [2.75, 3.05) is 29.3 Å². The maximum absolute atomic E-state index is 12.6. The molecule has 1 aliphatic rings. The van der Waals surface area contributed by atoms with E-state index in [0.29, 0.717) is 11.3 Å². The molecule has 6 nitrogen and oxygen atoms in total. The number of benzene rings is 2. The third kappa shape index (κ3) is 4.42. The summed E-state index contributed by atoms with van der Waals surface area (Å²) in [4.78, 5) is 14.1. The second-order valence-corrected chi connectivity index (χ2v) is 8.23. The molecular weight excluding hydrogens is 364 g/mol. The lowest BCUT2D eigenvalue weighted by Gasteiger charge is -2.21. The molecule has 1 saturated heterocycles. The highest BCUT2D eigenvalue weighted by Crippen LogP contribution is 2.27. The molecule has 1 fully saturated rings. The average Bonchev–Trinajstić information content (AvgIpc) is 3.16. The van der Waals surface area contributed by atoms with Crippen molar-refractivity contribution in [3.8, 4) is 0 Å². The highest BCUT2D eigenvalue weighted by atomic mass is 32.2. The van der Waals surface area contributed by atoms with Gasteiger partial charge in [-0.1, -0.05) is 0 Å². The Labute approximate surface area is 160 Å². The van der Waals surface area contributed by atoms with Gasteiger partial charge in [-0.05, 0) is 74.7 Å². The van der Waals surface area contributed by atoms with Crippen LogP contribution >= 0.6 is 0 Å². The van der Waals surface area contributed by atoms with Crippen molar-refractivity contribution in [3.05, 3.63) is 53.6 Å². The second-order valence-electron chi connectivity index (χ2n) is 6.55. The van der Waals surface area contributed by atoms with Crippen LogP contribution in [0.25, 0.3) is 0 Å². The number of hydrogen-bond donors (Lipinski definition) is 1. The zero-order valence-corrected chi connectivity index (χ0v) is 16.4. The SMILES string of the molecule is CCOC(=O)c1ccc(S(=O)(=O)Nc2ccc(N3CCCC3)c(C)c2)cc1. The lowest BCUT2D eigenvalue weighted by Crippen LogP contribution is -2.19. The summed E-state index contributed by atoms with van der Waals surface area (Å²) >= 11 is 0. The lowest BCUT2D eigenvalue weighted by atomic mass is 10.1. The number of hydrogen-bond acceptors (Lipinski definition) is 5. The zero-order chi connectivity index (χ0) is 19.4. The summed E-state index contributed by atoms with van der Waals surface area (Å²) in [6.45, 7) is 6.06. The Kier molecular flexibility index (Phi) is 5.70. The van der Waals surface area contributed by atoms with Crippen LogP contribution in [0.15, 0.2) is 47.4 Å². The molecule has 0 atom stereocenters. The van der Waals surface area contributed by atoms with Crippen LogP contribution in [0.4, 0.5) is 11.4 Å². The summed E-state index contributed by atoms with van der Waals surface area (Å²) in [6.07, 6.45) is 2.38. The quantitative estimate of drug-likeness (QED) is 0.766. The molecule has 1 N–H and O–H groups in total. The third-order valence-electron chi connectivity index (χ3n) is 4.57. The first-order valence-electron chi connectivity index (χ1n) is 9.06. The van der Waals surface area contributed by atoms with Crippen LogP contribution in [-0.2, 0) is 14.8 Å². The summed E-state index contributed by atoms with van der Waals surface area (Å²) in [5, 5.41) is 0. The first kappa shape index (κ1) is 19.2. The number of carbonyl (C=O) groups is 1. The number of carbonyl (C=O) groups excluding carboxylic acids is 1. The van der Waals surface area contributed by atoms with Gasteiger partial charge < -0.3 is 9.64 Å². The number of esters is 1. The van der Waals surface area contributed by atoms with Gasteiger partial charge in [0.25, 0.3) is 10.0 Å². The average molecular weight is 388 g/mol. The fourth-order valence-electron chi connectivity index (χ4n) is 3.23. The molecule has 0 aliphatic carbocycles. The third-order valence-corrected chi connectivity index (χ3v) is 5.97. The van der Waals surface area contributed by atoms with Gasteiger partial charge in [-0.15, -0.1) is 0 Å². The van der Waals surface area contributed by atoms with Crippen molar-refractivity contribution in [2.45, 2.75) is 31.6 Å². The smallest absolute Gasteiger partial charge is 0.338 e. The number of aryl methyl sites for hydroxylation is 1.